The van der Waals surface area contributed by atoms with E-state index < -0.39 is 0 Å². The predicted molar refractivity (Wildman–Crippen MR) is 81.7 cm³/mol. The van der Waals surface area contributed by atoms with Crippen LogP contribution in [0.15, 0.2) is 48.5 Å². The summed E-state index contributed by atoms with van der Waals surface area (Å²) in [4.78, 5) is 12.0. The molecule has 0 bridgehead atoms. The Hall–Kier alpha value is -2.77. The third kappa shape index (κ3) is 4.10. The molecule has 0 heterocycles. The third-order valence-corrected chi connectivity index (χ3v) is 2.86. The molecule has 0 radical (unpaired) electrons. The summed E-state index contributed by atoms with van der Waals surface area (Å²) in [7, 11) is 0. The fraction of sp³-hybridized carbons (Fsp3) is 0.118. The van der Waals surface area contributed by atoms with E-state index in [2.05, 4.69) is 17.2 Å². The van der Waals surface area contributed by atoms with E-state index in [4.69, 9.17) is 5.73 Å². The van der Waals surface area contributed by atoms with Crippen LogP contribution >= 0.6 is 0 Å². The average molecular weight is 280 g/mol. The maximum atomic E-state index is 12.0. The lowest BCUT2D eigenvalue weighted by Crippen LogP contribution is -2.22. The summed E-state index contributed by atoms with van der Waals surface area (Å²) in [6.07, 6.45) is 0. The minimum Gasteiger partial charge on any atom is -0.507 e. The Morgan fingerprint density at radius 2 is 2.00 bits per heavy atom. The molecule has 0 spiro atoms. The fourth-order valence-electron chi connectivity index (χ4n) is 1.86. The molecule has 0 saturated heterocycles. The molecule has 0 unspecified atom stereocenters. The van der Waals surface area contributed by atoms with Gasteiger partial charge in [-0.05, 0) is 29.8 Å². The van der Waals surface area contributed by atoms with Crippen molar-refractivity contribution in [3.63, 3.8) is 0 Å². The van der Waals surface area contributed by atoms with Gasteiger partial charge in [-0.15, -0.1) is 0 Å². The molecule has 0 aliphatic heterocycles. The number of aromatic hydroxyl groups is 1. The van der Waals surface area contributed by atoms with E-state index in [9.17, 15) is 9.90 Å². The Kier molecular flexibility index (Phi) is 4.97. The number of rotatable bonds is 3. The Bertz CT molecular complexity index is 699. The number of nitrogens with one attached hydrogen (secondary N) is 1. The van der Waals surface area contributed by atoms with Crippen LogP contribution in [-0.2, 0) is 6.54 Å². The van der Waals surface area contributed by atoms with Crippen molar-refractivity contribution in [2.45, 2.75) is 6.54 Å². The lowest BCUT2D eigenvalue weighted by atomic mass is 10.1. The molecule has 2 rings (SSSR count). The van der Waals surface area contributed by atoms with Gasteiger partial charge in [-0.1, -0.05) is 36.1 Å². The molecule has 4 nitrogen and oxygen atoms in total. The van der Waals surface area contributed by atoms with Crippen molar-refractivity contribution < 1.29 is 9.90 Å². The third-order valence-electron chi connectivity index (χ3n) is 2.86. The number of phenols is 1. The predicted octanol–water partition coefficient (Wildman–Crippen LogP) is 1.63. The molecule has 1 amide bonds. The van der Waals surface area contributed by atoms with Crippen molar-refractivity contribution in [2.75, 3.05) is 6.54 Å². The molecule has 0 aliphatic carbocycles. The second-order valence-corrected chi connectivity index (χ2v) is 4.41. The lowest BCUT2D eigenvalue weighted by molar-refractivity contribution is 0.0948. The molecule has 0 fully saturated rings. The van der Waals surface area contributed by atoms with E-state index in [1.807, 2.05) is 24.3 Å². The van der Waals surface area contributed by atoms with E-state index in [1.165, 1.54) is 6.07 Å². The highest BCUT2D eigenvalue weighted by Gasteiger charge is 2.09. The van der Waals surface area contributed by atoms with Crippen LogP contribution in [0.5, 0.6) is 5.75 Å². The van der Waals surface area contributed by atoms with Crippen molar-refractivity contribution in [3.8, 4) is 17.6 Å². The van der Waals surface area contributed by atoms with Gasteiger partial charge in [0, 0.05) is 12.1 Å². The first kappa shape index (κ1) is 14.6. The van der Waals surface area contributed by atoms with E-state index in [-0.39, 0.29) is 17.2 Å². The highest BCUT2D eigenvalue weighted by molar-refractivity contribution is 5.96. The number of hydrogen-bond donors (Lipinski definition) is 3. The van der Waals surface area contributed by atoms with Crippen LogP contribution in [0.2, 0.25) is 0 Å². The normalized spacial score (nSPS) is 9.57. The maximum absolute atomic E-state index is 12.0. The standard InChI is InChI=1S/C17H16N2O2/c18-10-4-7-13-5-3-6-14(11-13)12-19-17(21)15-8-1-2-9-16(15)20/h1-3,5-6,8-9,11,20H,10,12,18H2,(H,19,21). The van der Waals surface area contributed by atoms with Gasteiger partial charge in [0.25, 0.3) is 5.91 Å². The zero-order chi connectivity index (χ0) is 15.1. The Labute approximate surface area is 123 Å². The quantitative estimate of drug-likeness (QED) is 0.748. The second-order valence-electron chi connectivity index (χ2n) is 4.41. The van der Waals surface area contributed by atoms with Crippen molar-refractivity contribution in [2.24, 2.45) is 5.73 Å². The van der Waals surface area contributed by atoms with Crippen molar-refractivity contribution in [3.05, 3.63) is 65.2 Å². The van der Waals surface area contributed by atoms with E-state index in [0.29, 0.717) is 13.1 Å². The van der Waals surface area contributed by atoms with Gasteiger partial charge in [-0.2, -0.15) is 0 Å². The number of benzene rings is 2. The van der Waals surface area contributed by atoms with Crippen molar-refractivity contribution in [1.82, 2.24) is 5.32 Å². The molecular weight excluding hydrogens is 264 g/mol. The highest BCUT2D eigenvalue weighted by atomic mass is 16.3. The molecule has 2 aromatic rings. The number of carbonyl (C=O) groups excluding carboxylic acids is 1. The molecule has 0 aromatic heterocycles. The monoisotopic (exact) mass is 280 g/mol. The lowest BCUT2D eigenvalue weighted by Gasteiger charge is -2.07. The van der Waals surface area contributed by atoms with Crippen LogP contribution in [0.4, 0.5) is 0 Å². The summed E-state index contributed by atoms with van der Waals surface area (Å²) in [5, 5.41) is 12.4. The number of amides is 1. The van der Waals surface area contributed by atoms with E-state index in [0.717, 1.165) is 11.1 Å². The summed E-state index contributed by atoms with van der Waals surface area (Å²) in [6, 6.07) is 14.0. The highest BCUT2D eigenvalue weighted by Crippen LogP contribution is 2.15. The van der Waals surface area contributed by atoms with Crippen molar-refractivity contribution >= 4 is 5.91 Å². The number of nitrogens with two attached hydrogens (primary N) is 1. The smallest absolute Gasteiger partial charge is 0.255 e. The first-order chi connectivity index (χ1) is 10.2. The van der Waals surface area contributed by atoms with Crippen LogP contribution in [0, 0.1) is 11.8 Å². The van der Waals surface area contributed by atoms with Crippen LogP contribution in [0.25, 0.3) is 0 Å². The summed E-state index contributed by atoms with van der Waals surface area (Å²) in [5.41, 5.74) is 7.39. The van der Waals surface area contributed by atoms with Gasteiger partial charge >= 0.3 is 0 Å². The number of para-hydroxylation sites is 1. The average Bonchev–Trinajstić information content (AvgIpc) is 2.51. The van der Waals surface area contributed by atoms with Crippen molar-refractivity contribution in [1.29, 1.82) is 0 Å². The molecule has 4 N–H and O–H groups in total. The van der Waals surface area contributed by atoms with Gasteiger partial charge in [-0.3, -0.25) is 4.79 Å². The topological polar surface area (TPSA) is 75.3 Å². The first-order valence-corrected chi connectivity index (χ1v) is 6.55. The van der Waals surface area contributed by atoms with Gasteiger partial charge in [0.2, 0.25) is 0 Å². The number of phenolic OH excluding ortho intramolecular Hbond substituents is 1. The minimum absolute atomic E-state index is 0.0300. The zero-order valence-electron chi connectivity index (χ0n) is 11.5. The molecule has 21 heavy (non-hydrogen) atoms. The molecule has 0 saturated carbocycles. The molecular formula is C17H16N2O2. The summed E-state index contributed by atoms with van der Waals surface area (Å²) in [6.45, 7) is 0.680. The molecule has 0 atom stereocenters. The number of hydrogen-bond acceptors (Lipinski definition) is 3. The summed E-state index contributed by atoms with van der Waals surface area (Å²) in [5.74, 6) is 5.39. The fourth-order valence-corrected chi connectivity index (χ4v) is 1.86. The van der Waals surface area contributed by atoms with Crippen LogP contribution < -0.4 is 11.1 Å². The largest absolute Gasteiger partial charge is 0.507 e. The minimum atomic E-state index is -0.313. The Balaban J connectivity index is 2.03. The summed E-state index contributed by atoms with van der Waals surface area (Å²) < 4.78 is 0. The van der Waals surface area contributed by atoms with Crippen LogP contribution in [-0.4, -0.2) is 17.6 Å². The van der Waals surface area contributed by atoms with Gasteiger partial charge in [0.15, 0.2) is 0 Å². The van der Waals surface area contributed by atoms with Gasteiger partial charge in [0.1, 0.15) is 5.75 Å². The second kappa shape index (κ2) is 7.13. The SMILES string of the molecule is NCC#Cc1cccc(CNC(=O)c2ccccc2O)c1. The van der Waals surface area contributed by atoms with Crippen LogP contribution in [0.1, 0.15) is 21.5 Å². The van der Waals surface area contributed by atoms with Gasteiger partial charge < -0.3 is 16.2 Å². The first-order valence-electron chi connectivity index (χ1n) is 6.55. The summed E-state index contributed by atoms with van der Waals surface area (Å²) >= 11 is 0. The Morgan fingerprint density at radius 1 is 1.19 bits per heavy atom. The molecule has 2 aromatic carbocycles. The van der Waals surface area contributed by atoms with E-state index in [1.54, 1.807) is 18.2 Å². The van der Waals surface area contributed by atoms with Gasteiger partial charge in [-0.25, -0.2) is 0 Å². The Morgan fingerprint density at radius 3 is 2.76 bits per heavy atom. The molecule has 106 valence electrons. The number of carbonyl (C=O) groups is 1. The zero-order valence-corrected chi connectivity index (χ0v) is 11.5. The maximum Gasteiger partial charge on any atom is 0.255 e. The molecule has 4 heteroatoms. The molecule has 0 aliphatic rings. The van der Waals surface area contributed by atoms with Crippen LogP contribution in [0.3, 0.4) is 0 Å². The van der Waals surface area contributed by atoms with E-state index >= 15 is 0 Å². The van der Waals surface area contributed by atoms with Gasteiger partial charge in [0.05, 0.1) is 12.1 Å².